The number of hydrogen-bond acceptors (Lipinski definition) is 5. The van der Waals surface area contributed by atoms with Gasteiger partial charge in [-0.1, -0.05) is 0 Å². The lowest BCUT2D eigenvalue weighted by molar-refractivity contribution is -0.118. The van der Waals surface area contributed by atoms with E-state index in [0.29, 0.717) is 18.8 Å². The van der Waals surface area contributed by atoms with Gasteiger partial charge in [0, 0.05) is 24.6 Å². The molecule has 0 unspecified atom stereocenters. The molecule has 0 fully saturated rings. The lowest BCUT2D eigenvalue weighted by atomic mass is 10.1. The van der Waals surface area contributed by atoms with E-state index in [2.05, 4.69) is 10.5 Å². The highest BCUT2D eigenvalue weighted by atomic mass is 16.5. The SMILES string of the molecule is CC(=O)NN=Cc1ccc(OCCCCCOc2ccc(C(=O)N(C(C)C)C(C)C)cc2)cc1. The van der Waals surface area contributed by atoms with Gasteiger partial charge >= 0.3 is 0 Å². The fraction of sp³-hybridized carbons (Fsp3) is 0.444. The van der Waals surface area contributed by atoms with Crippen molar-refractivity contribution in [3.05, 3.63) is 59.7 Å². The van der Waals surface area contributed by atoms with Crippen LogP contribution in [0.4, 0.5) is 0 Å². The Kier molecular flexibility index (Phi) is 11.1. The number of carbonyl (C=O) groups is 2. The normalized spacial score (nSPS) is 11.1. The molecule has 0 aliphatic rings. The zero-order valence-corrected chi connectivity index (χ0v) is 20.9. The summed E-state index contributed by atoms with van der Waals surface area (Å²) in [6.07, 6.45) is 4.44. The quantitative estimate of drug-likeness (QED) is 0.254. The van der Waals surface area contributed by atoms with Crippen LogP contribution in [0, 0.1) is 0 Å². The van der Waals surface area contributed by atoms with Gasteiger partial charge in [0.25, 0.3) is 5.91 Å². The summed E-state index contributed by atoms with van der Waals surface area (Å²) in [6, 6.07) is 15.2. The van der Waals surface area contributed by atoms with E-state index in [-0.39, 0.29) is 23.9 Å². The number of ether oxygens (including phenoxy) is 2. The topological polar surface area (TPSA) is 80.2 Å². The Bertz CT molecular complexity index is 914. The van der Waals surface area contributed by atoms with Crippen molar-refractivity contribution in [1.82, 2.24) is 10.3 Å². The molecule has 7 heteroatoms. The molecule has 0 bridgehead atoms. The van der Waals surface area contributed by atoms with Crippen LogP contribution < -0.4 is 14.9 Å². The monoisotopic (exact) mass is 467 g/mol. The molecule has 2 amide bonds. The van der Waals surface area contributed by atoms with Crippen LogP contribution in [0.25, 0.3) is 0 Å². The number of nitrogens with one attached hydrogen (secondary N) is 1. The van der Waals surface area contributed by atoms with E-state index < -0.39 is 0 Å². The van der Waals surface area contributed by atoms with Crippen LogP contribution in [0.3, 0.4) is 0 Å². The Morgan fingerprint density at radius 3 is 1.82 bits per heavy atom. The molecule has 0 aromatic heterocycles. The zero-order chi connectivity index (χ0) is 24.9. The van der Waals surface area contributed by atoms with Crippen LogP contribution in [0.2, 0.25) is 0 Å². The summed E-state index contributed by atoms with van der Waals surface area (Å²) in [4.78, 5) is 25.4. The standard InChI is InChI=1S/C27H37N3O4/c1-20(2)30(21(3)4)27(32)24-11-15-26(16-12-24)34-18-8-6-7-17-33-25-13-9-23(10-14-25)19-28-29-22(5)31/h9-16,19-21H,6-8,17-18H2,1-5H3,(H,29,31). The lowest BCUT2D eigenvalue weighted by Gasteiger charge is -2.30. The summed E-state index contributed by atoms with van der Waals surface area (Å²) >= 11 is 0. The minimum atomic E-state index is -0.203. The maximum atomic E-state index is 12.7. The average molecular weight is 468 g/mol. The van der Waals surface area contributed by atoms with Gasteiger partial charge in [0.2, 0.25) is 5.91 Å². The minimum Gasteiger partial charge on any atom is -0.494 e. The predicted molar refractivity (Wildman–Crippen MR) is 136 cm³/mol. The molecule has 1 N–H and O–H groups in total. The van der Waals surface area contributed by atoms with Gasteiger partial charge in [-0.15, -0.1) is 0 Å². The van der Waals surface area contributed by atoms with Crippen molar-refractivity contribution in [1.29, 1.82) is 0 Å². The third-order valence-electron chi connectivity index (χ3n) is 5.09. The Hall–Kier alpha value is -3.35. The van der Waals surface area contributed by atoms with Gasteiger partial charge in [-0.3, -0.25) is 9.59 Å². The fourth-order valence-electron chi connectivity index (χ4n) is 3.52. The molecule has 2 rings (SSSR count). The molecular formula is C27H37N3O4. The van der Waals surface area contributed by atoms with Crippen molar-refractivity contribution in [3.63, 3.8) is 0 Å². The van der Waals surface area contributed by atoms with E-state index in [4.69, 9.17) is 9.47 Å². The summed E-state index contributed by atoms with van der Waals surface area (Å²) in [5.74, 6) is 1.42. The largest absolute Gasteiger partial charge is 0.494 e. The number of nitrogens with zero attached hydrogens (tertiary/aromatic N) is 2. The first-order chi connectivity index (χ1) is 16.3. The van der Waals surface area contributed by atoms with Crippen molar-refractivity contribution < 1.29 is 19.1 Å². The second-order valence-electron chi connectivity index (χ2n) is 8.68. The summed E-state index contributed by atoms with van der Waals surface area (Å²) in [5, 5.41) is 3.83. The van der Waals surface area contributed by atoms with E-state index in [1.165, 1.54) is 6.92 Å². The molecule has 0 atom stereocenters. The summed E-state index contributed by atoms with van der Waals surface area (Å²) in [5.41, 5.74) is 3.93. The van der Waals surface area contributed by atoms with Crippen molar-refractivity contribution in [2.45, 2.75) is 66.0 Å². The van der Waals surface area contributed by atoms with Crippen LogP contribution in [0.1, 0.15) is 69.8 Å². The number of rotatable bonds is 13. The van der Waals surface area contributed by atoms with Crippen molar-refractivity contribution in [3.8, 4) is 11.5 Å². The van der Waals surface area contributed by atoms with E-state index in [0.717, 1.165) is 36.3 Å². The molecule has 0 heterocycles. The zero-order valence-electron chi connectivity index (χ0n) is 20.9. The van der Waals surface area contributed by atoms with Crippen LogP contribution in [-0.4, -0.2) is 48.2 Å². The van der Waals surface area contributed by atoms with Gasteiger partial charge in [-0.05, 0) is 101 Å². The maximum Gasteiger partial charge on any atom is 0.254 e. The first-order valence-electron chi connectivity index (χ1n) is 11.9. The number of unbranched alkanes of at least 4 members (excludes halogenated alkanes) is 2. The Labute approximate surface area is 203 Å². The summed E-state index contributed by atoms with van der Waals surface area (Å²) < 4.78 is 11.6. The van der Waals surface area contributed by atoms with Gasteiger partial charge in [0.15, 0.2) is 0 Å². The molecular weight excluding hydrogens is 430 g/mol. The highest BCUT2D eigenvalue weighted by Gasteiger charge is 2.21. The fourth-order valence-corrected chi connectivity index (χ4v) is 3.52. The molecule has 0 saturated carbocycles. The van der Waals surface area contributed by atoms with Crippen molar-refractivity contribution >= 4 is 18.0 Å². The number of carbonyl (C=O) groups excluding carboxylic acids is 2. The number of amides is 2. The van der Waals surface area contributed by atoms with E-state index >= 15 is 0 Å². The van der Waals surface area contributed by atoms with Crippen LogP contribution in [0.5, 0.6) is 11.5 Å². The molecule has 2 aromatic carbocycles. The van der Waals surface area contributed by atoms with Gasteiger partial charge in [-0.2, -0.15) is 5.10 Å². The van der Waals surface area contributed by atoms with E-state index in [1.807, 2.05) is 81.1 Å². The highest BCUT2D eigenvalue weighted by Crippen LogP contribution is 2.17. The van der Waals surface area contributed by atoms with Crippen LogP contribution in [0.15, 0.2) is 53.6 Å². The van der Waals surface area contributed by atoms with Gasteiger partial charge < -0.3 is 14.4 Å². The second-order valence-corrected chi connectivity index (χ2v) is 8.68. The Morgan fingerprint density at radius 2 is 1.35 bits per heavy atom. The molecule has 184 valence electrons. The first-order valence-corrected chi connectivity index (χ1v) is 11.9. The average Bonchev–Trinajstić information content (AvgIpc) is 2.79. The molecule has 2 aromatic rings. The summed E-state index contributed by atoms with van der Waals surface area (Å²) in [6.45, 7) is 10.8. The minimum absolute atomic E-state index is 0.0457. The lowest BCUT2D eigenvalue weighted by Crippen LogP contribution is -2.42. The molecule has 0 saturated heterocycles. The predicted octanol–water partition coefficient (Wildman–Crippen LogP) is 5.04. The third kappa shape index (κ3) is 9.25. The van der Waals surface area contributed by atoms with Gasteiger partial charge in [-0.25, -0.2) is 5.43 Å². The number of hydrazone groups is 1. The smallest absolute Gasteiger partial charge is 0.254 e. The Morgan fingerprint density at radius 1 is 0.853 bits per heavy atom. The molecule has 0 aliphatic carbocycles. The molecule has 34 heavy (non-hydrogen) atoms. The first kappa shape index (κ1) is 26.9. The Balaban J connectivity index is 1.64. The molecule has 0 aliphatic heterocycles. The molecule has 7 nitrogen and oxygen atoms in total. The molecule has 0 radical (unpaired) electrons. The second kappa shape index (κ2) is 14.0. The molecule has 0 spiro atoms. The van der Waals surface area contributed by atoms with E-state index in [9.17, 15) is 9.59 Å². The maximum absolute atomic E-state index is 12.7. The number of benzene rings is 2. The van der Waals surface area contributed by atoms with Crippen LogP contribution in [-0.2, 0) is 4.79 Å². The highest BCUT2D eigenvalue weighted by molar-refractivity contribution is 5.94. The van der Waals surface area contributed by atoms with E-state index in [1.54, 1.807) is 6.21 Å². The van der Waals surface area contributed by atoms with Gasteiger partial charge in [0.1, 0.15) is 11.5 Å². The summed E-state index contributed by atoms with van der Waals surface area (Å²) in [7, 11) is 0. The van der Waals surface area contributed by atoms with Crippen molar-refractivity contribution in [2.24, 2.45) is 5.10 Å². The van der Waals surface area contributed by atoms with Crippen LogP contribution >= 0.6 is 0 Å². The van der Waals surface area contributed by atoms with Crippen molar-refractivity contribution in [2.75, 3.05) is 13.2 Å². The third-order valence-corrected chi connectivity index (χ3v) is 5.09. The van der Waals surface area contributed by atoms with Gasteiger partial charge in [0.05, 0.1) is 19.4 Å². The number of hydrogen-bond donors (Lipinski definition) is 1.